The van der Waals surface area contributed by atoms with Gasteiger partial charge < -0.3 is 4.74 Å². The lowest BCUT2D eigenvalue weighted by atomic mass is 10.2. The van der Waals surface area contributed by atoms with Gasteiger partial charge in [-0.3, -0.25) is 14.6 Å². The molecule has 0 bridgehead atoms. The van der Waals surface area contributed by atoms with Crippen LogP contribution in [0.5, 0.6) is 0 Å². The van der Waals surface area contributed by atoms with Crippen molar-refractivity contribution in [2.45, 2.75) is 32.5 Å². The highest BCUT2D eigenvalue weighted by molar-refractivity contribution is 5.09. The third-order valence-electron chi connectivity index (χ3n) is 3.71. The number of ether oxygens (including phenoxy) is 1. The van der Waals surface area contributed by atoms with Crippen molar-refractivity contribution in [2.24, 2.45) is 0 Å². The van der Waals surface area contributed by atoms with E-state index in [2.05, 4.69) is 28.1 Å². The average Bonchev–Trinajstić information content (AvgIpc) is 2.96. The van der Waals surface area contributed by atoms with Crippen LogP contribution in [-0.2, 0) is 17.8 Å². The van der Waals surface area contributed by atoms with E-state index in [-0.39, 0.29) is 6.10 Å². The summed E-state index contributed by atoms with van der Waals surface area (Å²) in [4.78, 5) is 6.82. The first-order valence-corrected chi connectivity index (χ1v) is 7.61. The molecule has 2 aromatic heterocycles. The monoisotopic (exact) mass is 286 g/mol. The van der Waals surface area contributed by atoms with Crippen molar-refractivity contribution in [2.75, 3.05) is 19.7 Å². The van der Waals surface area contributed by atoms with Crippen LogP contribution in [0.2, 0.25) is 0 Å². The summed E-state index contributed by atoms with van der Waals surface area (Å²) in [5, 5.41) is 4.40. The molecule has 1 aliphatic heterocycles. The van der Waals surface area contributed by atoms with Crippen molar-refractivity contribution in [3.8, 4) is 0 Å². The van der Waals surface area contributed by atoms with Gasteiger partial charge in [-0.05, 0) is 18.6 Å². The Labute approximate surface area is 125 Å². The summed E-state index contributed by atoms with van der Waals surface area (Å²) in [6, 6.07) is 5.99. The van der Waals surface area contributed by atoms with Crippen molar-refractivity contribution in [1.29, 1.82) is 0 Å². The smallest absolute Gasteiger partial charge is 0.112 e. The number of hydrogen-bond acceptors (Lipinski definition) is 4. The molecule has 1 atom stereocenters. The zero-order valence-corrected chi connectivity index (χ0v) is 12.5. The lowest BCUT2D eigenvalue weighted by Crippen LogP contribution is -2.38. The van der Waals surface area contributed by atoms with Crippen LogP contribution in [0.25, 0.3) is 0 Å². The molecule has 1 saturated heterocycles. The summed E-state index contributed by atoms with van der Waals surface area (Å²) in [6.45, 7) is 6.68. The molecular formula is C16H22N4O. The Bertz CT molecular complexity index is 554. The van der Waals surface area contributed by atoms with Gasteiger partial charge in [-0.1, -0.05) is 13.0 Å². The summed E-state index contributed by atoms with van der Waals surface area (Å²) < 4.78 is 7.87. The quantitative estimate of drug-likeness (QED) is 0.845. The third-order valence-corrected chi connectivity index (χ3v) is 3.71. The van der Waals surface area contributed by atoms with E-state index >= 15 is 0 Å². The predicted octanol–water partition coefficient (Wildman–Crippen LogP) is 2.26. The Morgan fingerprint density at radius 3 is 3.14 bits per heavy atom. The lowest BCUT2D eigenvalue weighted by Gasteiger charge is -2.32. The topological polar surface area (TPSA) is 43.2 Å². The molecule has 3 rings (SSSR count). The van der Waals surface area contributed by atoms with E-state index in [1.54, 1.807) is 0 Å². The van der Waals surface area contributed by atoms with Gasteiger partial charge in [0.2, 0.25) is 0 Å². The van der Waals surface area contributed by atoms with Crippen molar-refractivity contribution >= 4 is 0 Å². The fraction of sp³-hybridized carbons (Fsp3) is 0.500. The number of aryl methyl sites for hydroxylation is 1. The van der Waals surface area contributed by atoms with Crippen LogP contribution in [0.3, 0.4) is 0 Å². The Balaban J connectivity index is 1.60. The minimum atomic E-state index is 0.0747. The van der Waals surface area contributed by atoms with Gasteiger partial charge in [0, 0.05) is 44.1 Å². The highest BCUT2D eigenvalue weighted by Gasteiger charge is 2.23. The number of pyridine rings is 1. The van der Waals surface area contributed by atoms with E-state index in [1.807, 2.05) is 35.3 Å². The average molecular weight is 286 g/mol. The molecule has 21 heavy (non-hydrogen) atoms. The summed E-state index contributed by atoms with van der Waals surface area (Å²) in [5.74, 6) is 0. The normalized spacial score (nSPS) is 19.8. The maximum absolute atomic E-state index is 5.85. The standard InChI is InChI=1S/C16H22N4O/c1-2-7-20-12-14(10-18-20)11-19-8-9-21-16(13-19)15-5-3-4-6-17-15/h3-6,10,12,16H,2,7-9,11,13H2,1H3/t16-/m0/s1. The lowest BCUT2D eigenvalue weighted by molar-refractivity contribution is -0.0350. The van der Waals surface area contributed by atoms with Crippen molar-refractivity contribution in [1.82, 2.24) is 19.7 Å². The molecule has 0 spiro atoms. The molecule has 0 aromatic carbocycles. The Morgan fingerprint density at radius 2 is 2.33 bits per heavy atom. The molecule has 1 fully saturated rings. The van der Waals surface area contributed by atoms with Gasteiger partial charge in [0.1, 0.15) is 6.10 Å². The van der Waals surface area contributed by atoms with Crippen molar-refractivity contribution in [3.63, 3.8) is 0 Å². The molecule has 3 heterocycles. The summed E-state index contributed by atoms with van der Waals surface area (Å²) in [5.41, 5.74) is 2.29. The van der Waals surface area contributed by atoms with E-state index in [4.69, 9.17) is 4.74 Å². The second-order valence-electron chi connectivity index (χ2n) is 5.46. The number of aromatic nitrogens is 3. The largest absolute Gasteiger partial charge is 0.369 e. The van der Waals surface area contributed by atoms with Crippen LogP contribution in [0.4, 0.5) is 0 Å². The number of nitrogens with zero attached hydrogens (tertiary/aromatic N) is 4. The Morgan fingerprint density at radius 1 is 1.38 bits per heavy atom. The molecule has 0 radical (unpaired) electrons. The van der Waals surface area contributed by atoms with Gasteiger partial charge in [-0.25, -0.2) is 0 Å². The van der Waals surface area contributed by atoms with Crippen molar-refractivity contribution in [3.05, 3.63) is 48.0 Å². The van der Waals surface area contributed by atoms with Gasteiger partial charge in [0.15, 0.2) is 0 Å². The third kappa shape index (κ3) is 3.68. The Hall–Kier alpha value is -1.72. The van der Waals surface area contributed by atoms with Gasteiger partial charge in [0.05, 0.1) is 18.5 Å². The second-order valence-corrected chi connectivity index (χ2v) is 5.46. The first-order chi connectivity index (χ1) is 10.3. The minimum Gasteiger partial charge on any atom is -0.369 e. The zero-order valence-electron chi connectivity index (χ0n) is 12.5. The number of hydrogen-bond donors (Lipinski definition) is 0. The Kier molecular flexibility index (Phi) is 4.62. The van der Waals surface area contributed by atoms with Gasteiger partial charge in [-0.15, -0.1) is 0 Å². The zero-order chi connectivity index (χ0) is 14.5. The van der Waals surface area contributed by atoms with E-state index < -0.39 is 0 Å². The second kappa shape index (κ2) is 6.83. The SMILES string of the molecule is CCCn1cc(CN2CCO[C@H](c3ccccn3)C2)cn1. The highest BCUT2D eigenvalue weighted by atomic mass is 16.5. The van der Waals surface area contributed by atoms with Gasteiger partial charge in [0.25, 0.3) is 0 Å². The van der Waals surface area contributed by atoms with E-state index in [9.17, 15) is 0 Å². The predicted molar refractivity (Wildman–Crippen MR) is 80.7 cm³/mol. The van der Waals surface area contributed by atoms with E-state index in [0.29, 0.717) is 0 Å². The molecule has 0 aliphatic carbocycles. The summed E-state index contributed by atoms with van der Waals surface area (Å²) >= 11 is 0. The molecule has 0 amide bonds. The van der Waals surface area contributed by atoms with Crippen LogP contribution in [0.1, 0.15) is 30.7 Å². The maximum Gasteiger partial charge on any atom is 0.112 e. The van der Waals surface area contributed by atoms with Crippen molar-refractivity contribution < 1.29 is 4.74 Å². The van der Waals surface area contributed by atoms with Crippen LogP contribution < -0.4 is 0 Å². The molecule has 1 aliphatic rings. The number of morpholine rings is 1. The molecule has 112 valence electrons. The number of rotatable bonds is 5. The van der Waals surface area contributed by atoms with Gasteiger partial charge >= 0.3 is 0 Å². The first kappa shape index (κ1) is 14.2. The molecule has 0 saturated carbocycles. The van der Waals surface area contributed by atoms with E-state index in [0.717, 1.165) is 44.9 Å². The van der Waals surface area contributed by atoms with Crippen LogP contribution in [0.15, 0.2) is 36.8 Å². The van der Waals surface area contributed by atoms with Crippen LogP contribution in [-0.4, -0.2) is 39.4 Å². The summed E-state index contributed by atoms with van der Waals surface area (Å²) in [7, 11) is 0. The molecule has 2 aromatic rings. The fourth-order valence-electron chi connectivity index (χ4n) is 2.69. The summed E-state index contributed by atoms with van der Waals surface area (Å²) in [6.07, 6.45) is 7.13. The maximum atomic E-state index is 5.85. The fourth-order valence-corrected chi connectivity index (χ4v) is 2.69. The highest BCUT2D eigenvalue weighted by Crippen LogP contribution is 2.21. The molecule has 5 nitrogen and oxygen atoms in total. The van der Waals surface area contributed by atoms with Crippen LogP contribution >= 0.6 is 0 Å². The van der Waals surface area contributed by atoms with E-state index in [1.165, 1.54) is 5.56 Å². The minimum absolute atomic E-state index is 0.0747. The molecule has 0 unspecified atom stereocenters. The molecular weight excluding hydrogens is 264 g/mol. The van der Waals surface area contributed by atoms with Gasteiger partial charge in [-0.2, -0.15) is 5.10 Å². The van der Waals surface area contributed by atoms with Crippen LogP contribution in [0, 0.1) is 0 Å². The molecule has 0 N–H and O–H groups in total. The molecule has 5 heteroatoms. The first-order valence-electron chi connectivity index (χ1n) is 7.61.